The van der Waals surface area contributed by atoms with Crippen LogP contribution in [0.15, 0.2) is 64.9 Å². The van der Waals surface area contributed by atoms with Crippen molar-refractivity contribution in [1.29, 1.82) is 0 Å². The van der Waals surface area contributed by atoms with Crippen molar-refractivity contribution in [3.8, 4) is 28.7 Å². The minimum Gasteiger partial charge on any atom is -0.494 e. The van der Waals surface area contributed by atoms with E-state index in [-0.39, 0.29) is 5.41 Å². The highest BCUT2D eigenvalue weighted by Crippen LogP contribution is 2.25. The van der Waals surface area contributed by atoms with E-state index in [0.717, 1.165) is 43.8 Å². The summed E-state index contributed by atoms with van der Waals surface area (Å²) in [6.45, 7) is 7.17. The molecule has 0 N–H and O–H groups in total. The van der Waals surface area contributed by atoms with E-state index < -0.39 is 0 Å². The van der Waals surface area contributed by atoms with Gasteiger partial charge in [0.2, 0.25) is 0 Å². The molecule has 160 valence electrons. The van der Waals surface area contributed by atoms with Crippen LogP contribution in [0.3, 0.4) is 0 Å². The molecule has 0 aliphatic carbocycles. The van der Waals surface area contributed by atoms with Crippen LogP contribution in [0, 0.1) is 17.3 Å². The molecule has 3 heteroatoms. The molecule has 2 aromatic rings. The first-order valence-electron chi connectivity index (χ1n) is 10.6. The maximum Gasteiger partial charge on any atom is 0.119 e. The van der Waals surface area contributed by atoms with Crippen LogP contribution in [0.4, 0.5) is 0 Å². The average molecular weight is 439 g/mol. The Bertz CT molecular complexity index is 858. The predicted molar refractivity (Wildman–Crippen MR) is 137 cm³/mol. The number of rotatable bonds is 11. The fourth-order valence-electron chi connectivity index (χ4n) is 2.85. The monoisotopic (exact) mass is 438 g/mol. The predicted octanol–water partition coefficient (Wildman–Crippen LogP) is 8.25. The largest absolute Gasteiger partial charge is 0.494 e. The van der Waals surface area contributed by atoms with Gasteiger partial charge in [-0.05, 0) is 98.9 Å². The average Bonchev–Trinajstić information content (AvgIpc) is 3.24. The first kappa shape index (κ1) is 24.4. The van der Waals surface area contributed by atoms with Crippen molar-refractivity contribution in [3.05, 3.63) is 64.9 Å². The van der Waals surface area contributed by atoms with Gasteiger partial charge in [-0.1, -0.05) is 41.7 Å². The molecule has 0 saturated heterocycles. The molecule has 0 saturated carbocycles. The zero-order chi connectivity index (χ0) is 21.7. The Morgan fingerprint density at radius 1 is 1.17 bits per heavy atom. The summed E-state index contributed by atoms with van der Waals surface area (Å²) in [5, 5.41) is 4.28. The molecular weight excluding hydrogens is 404 g/mol. The highest BCUT2D eigenvalue weighted by atomic mass is 32.2. The minimum atomic E-state index is 0.0650. The Morgan fingerprint density at radius 3 is 2.77 bits per heavy atom. The number of hydrogen-bond acceptors (Lipinski definition) is 3. The number of thiophene rings is 1. The van der Waals surface area contributed by atoms with E-state index in [1.807, 2.05) is 23.9 Å². The Morgan fingerprint density at radius 2 is 2.03 bits per heavy atom. The number of benzene rings is 1. The Hall–Kier alpha value is -1.89. The summed E-state index contributed by atoms with van der Waals surface area (Å²) in [5.74, 6) is 8.44. The highest BCUT2D eigenvalue weighted by Gasteiger charge is 2.02. The zero-order valence-electron chi connectivity index (χ0n) is 18.7. The van der Waals surface area contributed by atoms with Gasteiger partial charge in [0.05, 0.1) is 6.61 Å². The molecule has 1 aromatic carbocycles. The van der Waals surface area contributed by atoms with Crippen LogP contribution in [0.1, 0.15) is 46.5 Å². The van der Waals surface area contributed by atoms with Crippen LogP contribution in [-0.4, -0.2) is 18.6 Å². The molecule has 0 amide bonds. The summed E-state index contributed by atoms with van der Waals surface area (Å²) in [6.07, 6.45) is 13.1. The summed E-state index contributed by atoms with van der Waals surface area (Å²) in [5.41, 5.74) is 4.03. The van der Waals surface area contributed by atoms with Crippen molar-refractivity contribution in [2.45, 2.75) is 46.5 Å². The molecule has 0 radical (unpaired) electrons. The van der Waals surface area contributed by atoms with Crippen molar-refractivity contribution in [3.63, 3.8) is 0 Å². The summed E-state index contributed by atoms with van der Waals surface area (Å²) >= 11 is 3.60. The van der Waals surface area contributed by atoms with E-state index in [2.05, 4.69) is 86.0 Å². The quantitative estimate of drug-likeness (QED) is 0.198. The Kier molecular flexibility index (Phi) is 10.9. The third-order valence-electron chi connectivity index (χ3n) is 4.35. The number of hydrogen-bond donors (Lipinski definition) is 0. The molecule has 30 heavy (non-hydrogen) atoms. The molecule has 1 nitrogen and oxygen atoms in total. The molecule has 1 heterocycles. The Labute approximate surface area is 191 Å². The van der Waals surface area contributed by atoms with Gasteiger partial charge in [-0.2, -0.15) is 23.1 Å². The molecule has 1 aromatic heterocycles. The summed E-state index contributed by atoms with van der Waals surface area (Å²) in [6, 6.07) is 10.5. The van der Waals surface area contributed by atoms with E-state index >= 15 is 0 Å². The topological polar surface area (TPSA) is 9.23 Å². The number of allylic oxidation sites excluding steroid dienone is 3. The summed E-state index contributed by atoms with van der Waals surface area (Å²) in [7, 11) is 0. The second kappa shape index (κ2) is 13.4. The van der Waals surface area contributed by atoms with Crippen molar-refractivity contribution >= 4 is 23.1 Å². The van der Waals surface area contributed by atoms with E-state index in [0.29, 0.717) is 0 Å². The van der Waals surface area contributed by atoms with Gasteiger partial charge in [0.25, 0.3) is 0 Å². The van der Waals surface area contributed by atoms with Crippen LogP contribution >= 0.6 is 23.1 Å². The molecule has 0 unspecified atom stereocenters. The molecule has 0 atom stereocenters. The van der Waals surface area contributed by atoms with Gasteiger partial charge in [0.15, 0.2) is 0 Å². The molecule has 0 bridgehead atoms. The second-order valence-corrected chi connectivity index (χ2v) is 9.95. The third kappa shape index (κ3) is 10.2. The van der Waals surface area contributed by atoms with E-state index in [9.17, 15) is 0 Å². The van der Waals surface area contributed by atoms with Crippen molar-refractivity contribution < 1.29 is 4.74 Å². The van der Waals surface area contributed by atoms with Gasteiger partial charge in [-0.25, -0.2) is 0 Å². The van der Waals surface area contributed by atoms with Crippen LogP contribution in [0.5, 0.6) is 5.75 Å². The number of ether oxygens (including phenoxy) is 1. The third-order valence-corrected chi connectivity index (χ3v) is 5.69. The van der Waals surface area contributed by atoms with Gasteiger partial charge in [-0.15, -0.1) is 0 Å². The normalized spacial score (nSPS) is 12.1. The van der Waals surface area contributed by atoms with Gasteiger partial charge in [0.1, 0.15) is 5.75 Å². The van der Waals surface area contributed by atoms with Crippen LogP contribution in [0.25, 0.3) is 11.1 Å². The summed E-state index contributed by atoms with van der Waals surface area (Å²) in [4.78, 5) is 0. The van der Waals surface area contributed by atoms with E-state index in [1.54, 1.807) is 11.3 Å². The lowest BCUT2D eigenvalue weighted by Crippen LogP contribution is -1.98. The van der Waals surface area contributed by atoms with Gasteiger partial charge in [0, 0.05) is 11.2 Å². The molecule has 0 fully saturated rings. The highest BCUT2D eigenvalue weighted by molar-refractivity contribution is 7.98. The molecule has 2 rings (SSSR count). The lowest BCUT2D eigenvalue weighted by atomic mass is 9.98. The van der Waals surface area contributed by atoms with Gasteiger partial charge >= 0.3 is 0 Å². The van der Waals surface area contributed by atoms with Crippen LogP contribution in [0.2, 0.25) is 0 Å². The lowest BCUT2D eigenvalue weighted by molar-refractivity contribution is 0.307. The number of unbranched alkanes of at least 4 members (excludes halogenated alkanes) is 2. The summed E-state index contributed by atoms with van der Waals surface area (Å²) < 4.78 is 5.97. The minimum absolute atomic E-state index is 0.0650. The second-order valence-electron chi connectivity index (χ2n) is 8.31. The first-order chi connectivity index (χ1) is 14.5. The molecule has 0 aliphatic heterocycles. The molecule has 0 aliphatic rings. The van der Waals surface area contributed by atoms with Crippen molar-refractivity contribution in [2.75, 3.05) is 18.6 Å². The zero-order valence-corrected chi connectivity index (χ0v) is 20.4. The maximum absolute atomic E-state index is 5.97. The van der Waals surface area contributed by atoms with Crippen LogP contribution < -0.4 is 4.74 Å². The molecular formula is C27H34OS2. The number of thioether (sulfide) groups is 1. The molecule has 0 spiro atoms. The SMILES string of the molecule is CSCC(=CCCCCOc1cccc(-c2ccsc2)c1)CC=CC#CC(C)(C)C. The fourth-order valence-corrected chi connectivity index (χ4v) is 4.12. The van der Waals surface area contributed by atoms with E-state index in [4.69, 9.17) is 4.74 Å². The Balaban J connectivity index is 1.71. The first-order valence-corrected chi connectivity index (χ1v) is 12.9. The standard InChI is InChI=1S/C27H34OS2/c1-27(2,3)17-9-5-7-12-23(21-29-4)13-8-6-10-18-28-26-15-11-14-24(20-26)25-16-19-30-22-25/h5,7,11,13-16,19-20,22H,6,8,10,12,18,21H2,1-4H3. The van der Waals surface area contributed by atoms with Crippen molar-refractivity contribution in [2.24, 2.45) is 5.41 Å². The van der Waals surface area contributed by atoms with Crippen LogP contribution in [-0.2, 0) is 0 Å². The smallest absolute Gasteiger partial charge is 0.119 e. The van der Waals surface area contributed by atoms with Gasteiger partial charge < -0.3 is 4.74 Å². The lowest BCUT2D eigenvalue weighted by Gasteiger charge is -2.08. The fraction of sp³-hybridized carbons (Fsp3) is 0.407. The van der Waals surface area contributed by atoms with Gasteiger partial charge in [-0.3, -0.25) is 0 Å². The maximum atomic E-state index is 5.97. The van der Waals surface area contributed by atoms with Crippen molar-refractivity contribution in [1.82, 2.24) is 0 Å². The van der Waals surface area contributed by atoms with E-state index in [1.165, 1.54) is 16.7 Å².